The van der Waals surface area contributed by atoms with E-state index in [1.807, 2.05) is 13.2 Å². The molecule has 36 heavy (non-hydrogen) atoms. The highest BCUT2D eigenvalue weighted by Gasteiger charge is 2.32. The summed E-state index contributed by atoms with van der Waals surface area (Å²) in [5, 5.41) is 17.5. The molecule has 0 fully saturated rings. The second-order valence-corrected chi connectivity index (χ2v) is 9.77. The molecule has 0 spiro atoms. The van der Waals surface area contributed by atoms with Crippen molar-refractivity contribution in [3.63, 3.8) is 0 Å². The first-order valence-corrected chi connectivity index (χ1v) is 13.6. The lowest BCUT2D eigenvalue weighted by atomic mass is 9.98. The van der Waals surface area contributed by atoms with Gasteiger partial charge >= 0.3 is 5.97 Å². The van der Waals surface area contributed by atoms with Crippen LogP contribution in [0.5, 0.6) is 0 Å². The highest BCUT2D eigenvalue weighted by atomic mass is 32.2. The van der Waals surface area contributed by atoms with Crippen molar-refractivity contribution in [2.75, 3.05) is 18.6 Å². The number of rotatable bonds is 18. The number of carbonyl (C=O) groups is 4. The first-order valence-electron chi connectivity index (χ1n) is 12.2. The Bertz CT molecular complexity index is 824. The third kappa shape index (κ3) is 11.0. The molecule has 0 aliphatic carbocycles. The fourth-order valence-electron chi connectivity index (χ4n) is 3.46. The monoisotopic (exact) mass is 527 g/mol. The van der Waals surface area contributed by atoms with Crippen molar-refractivity contribution in [1.29, 1.82) is 0 Å². The van der Waals surface area contributed by atoms with Crippen LogP contribution in [0.2, 0.25) is 0 Å². The lowest BCUT2D eigenvalue weighted by molar-refractivity contribution is -0.143. The number of nitrogens with one attached hydrogen (secondary N) is 4. The fraction of sp³-hybridized carbons (Fsp3) is 0.696. The molecule has 13 heteroatoms. The smallest absolute Gasteiger partial charge is 0.326 e. The number of carboxylic acids is 1. The molecule has 0 aliphatic rings. The quantitative estimate of drug-likeness (QED) is 0.125. The molecule has 0 aromatic carbocycles. The van der Waals surface area contributed by atoms with Crippen molar-refractivity contribution < 1.29 is 24.3 Å². The molecule has 0 radical (unpaired) electrons. The maximum Gasteiger partial charge on any atom is 0.326 e. The van der Waals surface area contributed by atoms with Crippen LogP contribution in [0.1, 0.15) is 51.6 Å². The van der Waals surface area contributed by atoms with Crippen LogP contribution in [0.25, 0.3) is 0 Å². The van der Waals surface area contributed by atoms with Crippen molar-refractivity contribution in [3.05, 3.63) is 18.2 Å². The summed E-state index contributed by atoms with van der Waals surface area (Å²) in [6.45, 7) is 4.07. The number of aromatic nitrogens is 2. The van der Waals surface area contributed by atoms with Gasteiger partial charge in [0.1, 0.15) is 18.1 Å². The zero-order chi connectivity index (χ0) is 27.1. The van der Waals surface area contributed by atoms with Crippen LogP contribution in [0.3, 0.4) is 0 Å². The summed E-state index contributed by atoms with van der Waals surface area (Å²) < 4.78 is 0. The first kappa shape index (κ1) is 31.4. The van der Waals surface area contributed by atoms with Gasteiger partial charge in [0.25, 0.3) is 0 Å². The highest BCUT2D eigenvalue weighted by molar-refractivity contribution is 7.98. The minimum atomic E-state index is -1.14. The van der Waals surface area contributed by atoms with Gasteiger partial charge in [0.05, 0.1) is 12.4 Å². The molecular formula is C23H41N7O5S. The molecule has 5 atom stereocenters. The predicted octanol–water partition coefficient (Wildman–Crippen LogP) is -0.253. The number of imidazole rings is 1. The molecule has 0 saturated heterocycles. The van der Waals surface area contributed by atoms with Gasteiger partial charge in [0.15, 0.2) is 0 Å². The zero-order valence-electron chi connectivity index (χ0n) is 21.3. The second kappa shape index (κ2) is 16.9. The standard InChI is InChI=1S/C23H41N7O5S/c1-4-14(2)19(23(34)35)30-21(32)17(8-10-36-3)28-22(33)18(11-15-12-26-13-27-15)29-20(31)16(25)7-5-6-9-24/h12-14,16-19H,4-11,24-25H2,1-3H3,(H,26,27)(H,28,33)(H,29,31)(H,30,32)(H,34,35). The van der Waals surface area contributed by atoms with Crippen LogP contribution in [0.4, 0.5) is 0 Å². The van der Waals surface area contributed by atoms with Gasteiger partial charge in [-0.05, 0) is 43.7 Å². The second-order valence-electron chi connectivity index (χ2n) is 8.79. The van der Waals surface area contributed by atoms with Crippen LogP contribution in [0.15, 0.2) is 12.5 Å². The van der Waals surface area contributed by atoms with Gasteiger partial charge < -0.3 is 37.5 Å². The molecule has 1 heterocycles. The highest BCUT2D eigenvalue weighted by Crippen LogP contribution is 2.10. The molecule has 9 N–H and O–H groups in total. The Morgan fingerprint density at radius 1 is 1.08 bits per heavy atom. The van der Waals surface area contributed by atoms with Gasteiger partial charge in [-0.2, -0.15) is 11.8 Å². The third-order valence-corrected chi connectivity index (χ3v) is 6.58. The summed E-state index contributed by atoms with van der Waals surface area (Å²) in [7, 11) is 0. The van der Waals surface area contributed by atoms with Crippen molar-refractivity contribution in [2.45, 2.75) is 76.5 Å². The van der Waals surface area contributed by atoms with Crippen molar-refractivity contribution in [3.8, 4) is 0 Å². The number of aliphatic carboxylic acids is 1. The topological polar surface area (TPSA) is 205 Å². The summed E-state index contributed by atoms with van der Waals surface area (Å²) >= 11 is 1.49. The molecule has 0 bridgehead atoms. The lowest BCUT2D eigenvalue weighted by Crippen LogP contribution is -2.58. The molecule has 204 valence electrons. The van der Waals surface area contributed by atoms with E-state index in [1.165, 1.54) is 24.3 Å². The van der Waals surface area contributed by atoms with Gasteiger partial charge in [-0.25, -0.2) is 9.78 Å². The van der Waals surface area contributed by atoms with Gasteiger partial charge in [-0.15, -0.1) is 0 Å². The summed E-state index contributed by atoms with van der Waals surface area (Å²) in [5.74, 6) is -2.53. The molecule has 1 aromatic heterocycles. The maximum atomic E-state index is 13.3. The molecule has 12 nitrogen and oxygen atoms in total. The van der Waals surface area contributed by atoms with Crippen LogP contribution in [0, 0.1) is 5.92 Å². The van der Waals surface area contributed by atoms with Gasteiger partial charge in [-0.3, -0.25) is 14.4 Å². The number of unbranched alkanes of at least 4 members (excludes halogenated alkanes) is 1. The number of aromatic amines is 1. The Morgan fingerprint density at radius 3 is 2.31 bits per heavy atom. The van der Waals surface area contributed by atoms with E-state index < -0.39 is 47.9 Å². The third-order valence-electron chi connectivity index (χ3n) is 5.94. The lowest BCUT2D eigenvalue weighted by Gasteiger charge is -2.26. The number of carbonyl (C=O) groups excluding carboxylic acids is 3. The Labute approximate surface area is 216 Å². The van der Waals surface area contributed by atoms with E-state index in [9.17, 15) is 24.3 Å². The summed E-state index contributed by atoms with van der Waals surface area (Å²) in [6, 6.07) is -3.89. The predicted molar refractivity (Wildman–Crippen MR) is 139 cm³/mol. The molecule has 0 aliphatic heterocycles. The van der Waals surface area contributed by atoms with Crippen molar-refractivity contribution >= 4 is 35.5 Å². The largest absolute Gasteiger partial charge is 0.480 e. The zero-order valence-corrected chi connectivity index (χ0v) is 22.1. The van der Waals surface area contributed by atoms with Crippen molar-refractivity contribution in [1.82, 2.24) is 25.9 Å². The number of thioether (sulfide) groups is 1. The van der Waals surface area contributed by atoms with E-state index in [0.29, 0.717) is 37.3 Å². The number of carboxylic acid groups (broad SMARTS) is 1. The minimum Gasteiger partial charge on any atom is -0.480 e. The van der Waals surface area contributed by atoms with Gasteiger partial charge in [-0.1, -0.05) is 26.7 Å². The average molecular weight is 528 g/mol. The van der Waals surface area contributed by atoms with Gasteiger partial charge in [0, 0.05) is 18.3 Å². The molecule has 5 unspecified atom stereocenters. The van der Waals surface area contributed by atoms with Crippen LogP contribution in [-0.4, -0.2) is 81.5 Å². The van der Waals surface area contributed by atoms with E-state index in [2.05, 4.69) is 25.9 Å². The fourth-order valence-corrected chi connectivity index (χ4v) is 3.93. The van der Waals surface area contributed by atoms with Crippen molar-refractivity contribution in [2.24, 2.45) is 17.4 Å². The van der Waals surface area contributed by atoms with Gasteiger partial charge in [0.2, 0.25) is 17.7 Å². The van der Waals surface area contributed by atoms with E-state index >= 15 is 0 Å². The number of H-pyrrole nitrogens is 1. The normalized spacial score (nSPS) is 15.2. The first-order chi connectivity index (χ1) is 17.1. The minimum absolute atomic E-state index is 0.106. The number of hydrogen-bond donors (Lipinski definition) is 7. The number of amides is 3. The number of nitrogens with zero attached hydrogens (tertiary/aromatic N) is 1. The molecule has 1 aromatic rings. The maximum absolute atomic E-state index is 13.3. The molecule has 0 saturated carbocycles. The van der Waals surface area contributed by atoms with Crippen LogP contribution in [-0.2, 0) is 25.6 Å². The van der Waals surface area contributed by atoms with Crippen LogP contribution < -0.4 is 27.4 Å². The van der Waals surface area contributed by atoms with E-state index in [1.54, 1.807) is 6.92 Å². The number of hydrogen-bond acceptors (Lipinski definition) is 8. The summed E-state index contributed by atoms with van der Waals surface area (Å²) in [5.41, 5.74) is 12.1. The molecule has 3 amide bonds. The Hall–Kier alpha value is -2.64. The Morgan fingerprint density at radius 2 is 1.75 bits per heavy atom. The summed E-state index contributed by atoms with van der Waals surface area (Å²) in [4.78, 5) is 57.5. The van der Waals surface area contributed by atoms with E-state index in [-0.39, 0.29) is 18.8 Å². The van der Waals surface area contributed by atoms with E-state index in [0.717, 1.165) is 6.42 Å². The van der Waals surface area contributed by atoms with E-state index in [4.69, 9.17) is 11.5 Å². The summed E-state index contributed by atoms with van der Waals surface area (Å²) in [6.07, 6.45) is 7.65. The van der Waals surface area contributed by atoms with Crippen LogP contribution >= 0.6 is 11.8 Å². The SMILES string of the molecule is CCC(C)C(NC(=O)C(CCSC)NC(=O)C(Cc1cnc[nH]1)NC(=O)C(N)CCCCN)C(=O)O. The Balaban J connectivity index is 3.01. The number of nitrogens with two attached hydrogens (primary N) is 2. The molecule has 1 rings (SSSR count). The average Bonchev–Trinajstić information content (AvgIpc) is 3.36. The Kier molecular flexibility index (Phi) is 14.8. The molecular weight excluding hydrogens is 486 g/mol.